The molecule has 6 heteroatoms. The molecule has 1 saturated heterocycles. The summed E-state index contributed by atoms with van der Waals surface area (Å²) in [7, 11) is 0. The minimum atomic E-state index is -0.216. The van der Waals surface area contributed by atoms with Crippen molar-refractivity contribution in [2.24, 2.45) is 5.92 Å². The molecule has 3 nitrogen and oxygen atoms in total. The van der Waals surface area contributed by atoms with Gasteiger partial charge in [-0.3, -0.25) is 4.90 Å². The highest BCUT2D eigenvalue weighted by Crippen LogP contribution is 2.35. The van der Waals surface area contributed by atoms with Crippen molar-refractivity contribution in [3.63, 3.8) is 0 Å². The molecule has 0 aliphatic carbocycles. The highest BCUT2D eigenvalue weighted by atomic mass is 32.1. The average Bonchev–Trinajstić information content (AvgIpc) is 3.24. The molecule has 2 atom stereocenters. The number of aliphatic hydroxyl groups excluding tert-OH is 1. The normalized spacial score (nSPS) is 22.2. The Kier molecular flexibility index (Phi) is 4.15. The summed E-state index contributed by atoms with van der Waals surface area (Å²) >= 11 is 3.26. The van der Waals surface area contributed by atoms with Crippen molar-refractivity contribution in [2.75, 3.05) is 19.7 Å². The molecule has 0 unspecified atom stereocenters. The topological polar surface area (TPSA) is 36.4 Å². The Labute approximate surface area is 142 Å². The third-order valence-corrected chi connectivity index (χ3v) is 6.18. The van der Waals surface area contributed by atoms with Gasteiger partial charge in [0.25, 0.3) is 0 Å². The van der Waals surface area contributed by atoms with Crippen LogP contribution in [0.15, 0.2) is 35.0 Å². The van der Waals surface area contributed by atoms with E-state index in [0.29, 0.717) is 5.92 Å². The average molecular weight is 348 g/mol. The second-order valence-corrected chi connectivity index (χ2v) is 7.91. The quantitative estimate of drug-likeness (QED) is 0.781. The fraction of sp³-hybridized carbons (Fsp3) is 0.353. The van der Waals surface area contributed by atoms with E-state index >= 15 is 0 Å². The Morgan fingerprint density at radius 2 is 2.22 bits per heavy atom. The van der Waals surface area contributed by atoms with Crippen LogP contribution in [0.5, 0.6) is 0 Å². The molecular weight excluding hydrogens is 331 g/mol. The summed E-state index contributed by atoms with van der Waals surface area (Å²) in [6.07, 6.45) is 0. The van der Waals surface area contributed by atoms with Crippen molar-refractivity contribution in [3.05, 3.63) is 51.4 Å². The monoisotopic (exact) mass is 348 g/mol. The van der Waals surface area contributed by atoms with E-state index in [4.69, 9.17) is 0 Å². The minimum Gasteiger partial charge on any atom is -0.396 e. The molecule has 1 N–H and O–H groups in total. The molecule has 1 aliphatic heterocycles. The molecule has 1 aromatic carbocycles. The maximum atomic E-state index is 13.3. The van der Waals surface area contributed by atoms with Crippen molar-refractivity contribution in [1.29, 1.82) is 0 Å². The van der Waals surface area contributed by atoms with Crippen molar-refractivity contribution in [1.82, 2.24) is 9.88 Å². The van der Waals surface area contributed by atoms with Crippen LogP contribution < -0.4 is 0 Å². The molecule has 4 rings (SSSR count). The second kappa shape index (κ2) is 6.28. The number of thiazole rings is 1. The molecule has 1 aliphatic rings. The van der Waals surface area contributed by atoms with Gasteiger partial charge in [0.15, 0.2) is 0 Å². The number of hydrogen-bond donors (Lipinski definition) is 1. The summed E-state index contributed by atoms with van der Waals surface area (Å²) in [6.45, 7) is 2.79. The SMILES string of the molecule is OC[C@@H]1CN(Cc2nc3ccc(F)cc3s2)C[C@H]1c1ccsc1. The van der Waals surface area contributed by atoms with E-state index in [0.717, 1.165) is 34.9 Å². The molecule has 0 radical (unpaired) electrons. The molecule has 3 aromatic rings. The zero-order valence-corrected chi connectivity index (χ0v) is 14.1. The number of hydrogen-bond acceptors (Lipinski definition) is 5. The highest BCUT2D eigenvalue weighted by molar-refractivity contribution is 7.18. The highest BCUT2D eigenvalue weighted by Gasteiger charge is 2.33. The maximum absolute atomic E-state index is 13.3. The van der Waals surface area contributed by atoms with Crippen molar-refractivity contribution >= 4 is 32.9 Å². The Morgan fingerprint density at radius 1 is 1.30 bits per heavy atom. The third kappa shape index (κ3) is 3.04. The smallest absolute Gasteiger partial charge is 0.124 e. The van der Waals surface area contributed by atoms with Gasteiger partial charge in [0.1, 0.15) is 10.8 Å². The number of fused-ring (bicyclic) bond motifs is 1. The predicted molar refractivity (Wildman–Crippen MR) is 92.5 cm³/mol. The molecule has 120 valence electrons. The van der Waals surface area contributed by atoms with Gasteiger partial charge in [-0.2, -0.15) is 11.3 Å². The molecular formula is C17H17FN2OS2. The lowest BCUT2D eigenvalue weighted by Gasteiger charge is -2.14. The first-order chi connectivity index (χ1) is 11.2. The van der Waals surface area contributed by atoms with Crippen molar-refractivity contribution in [2.45, 2.75) is 12.5 Å². The van der Waals surface area contributed by atoms with Crippen LogP contribution in [-0.4, -0.2) is 34.7 Å². The van der Waals surface area contributed by atoms with E-state index in [9.17, 15) is 9.50 Å². The van der Waals surface area contributed by atoms with E-state index in [1.54, 1.807) is 34.8 Å². The van der Waals surface area contributed by atoms with Crippen LogP contribution in [0.3, 0.4) is 0 Å². The van der Waals surface area contributed by atoms with Gasteiger partial charge in [-0.05, 0) is 40.6 Å². The van der Waals surface area contributed by atoms with Gasteiger partial charge in [0, 0.05) is 31.5 Å². The van der Waals surface area contributed by atoms with Crippen LogP contribution in [0.2, 0.25) is 0 Å². The molecule has 0 spiro atoms. The van der Waals surface area contributed by atoms with Crippen LogP contribution in [0.4, 0.5) is 4.39 Å². The van der Waals surface area contributed by atoms with Gasteiger partial charge >= 0.3 is 0 Å². The number of aliphatic hydroxyl groups is 1. The first-order valence-corrected chi connectivity index (χ1v) is 9.39. The molecule has 23 heavy (non-hydrogen) atoms. The largest absolute Gasteiger partial charge is 0.396 e. The fourth-order valence-electron chi connectivity index (χ4n) is 3.34. The van der Waals surface area contributed by atoms with Crippen LogP contribution in [0, 0.1) is 11.7 Å². The van der Waals surface area contributed by atoms with Crippen LogP contribution >= 0.6 is 22.7 Å². The number of rotatable bonds is 4. The first kappa shape index (κ1) is 15.2. The summed E-state index contributed by atoms with van der Waals surface area (Å²) < 4.78 is 14.2. The molecule has 1 fully saturated rings. The summed E-state index contributed by atoms with van der Waals surface area (Å²) in [4.78, 5) is 6.95. The number of nitrogens with zero attached hydrogens (tertiary/aromatic N) is 2. The number of thiophene rings is 1. The zero-order chi connectivity index (χ0) is 15.8. The summed E-state index contributed by atoms with van der Waals surface area (Å²) in [5, 5.41) is 15.0. The van der Waals surface area contributed by atoms with E-state index in [1.165, 1.54) is 11.6 Å². The number of aromatic nitrogens is 1. The number of benzene rings is 1. The fourth-order valence-corrected chi connectivity index (χ4v) is 5.10. The van der Waals surface area contributed by atoms with Crippen LogP contribution in [0.1, 0.15) is 16.5 Å². The Hall–Kier alpha value is -1.34. The van der Waals surface area contributed by atoms with Gasteiger partial charge in [-0.15, -0.1) is 11.3 Å². The van der Waals surface area contributed by atoms with Gasteiger partial charge < -0.3 is 5.11 Å². The summed E-state index contributed by atoms with van der Waals surface area (Å²) in [6, 6.07) is 6.89. The Balaban J connectivity index is 1.52. The second-order valence-electron chi connectivity index (χ2n) is 6.02. The van der Waals surface area contributed by atoms with E-state index in [2.05, 4.69) is 26.7 Å². The van der Waals surface area contributed by atoms with Crippen molar-refractivity contribution in [3.8, 4) is 0 Å². The minimum absolute atomic E-state index is 0.210. The summed E-state index contributed by atoms with van der Waals surface area (Å²) in [5.41, 5.74) is 2.18. The van der Waals surface area contributed by atoms with Gasteiger partial charge in [0.2, 0.25) is 0 Å². The molecule has 0 saturated carbocycles. The van der Waals surface area contributed by atoms with Crippen LogP contribution in [-0.2, 0) is 6.54 Å². The molecule has 2 aromatic heterocycles. The van der Waals surface area contributed by atoms with Crippen molar-refractivity contribution < 1.29 is 9.50 Å². The van der Waals surface area contributed by atoms with E-state index in [-0.39, 0.29) is 18.3 Å². The lowest BCUT2D eigenvalue weighted by atomic mass is 9.92. The molecule has 0 bridgehead atoms. The third-order valence-electron chi connectivity index (χ3n) is 4.48. The predicted octanol–water partition coefficient (Wildman–Crippen LogP) is 3.70. The number of likely N-dealkylation sites (tertiary alicyclic amines) is 1. The first-order valence-electron chi connectivity index (χ1n) is 7.63. The van der Waals surface area contributed by atoms with Gasteiger partial charge in [-0.25, -0.2) is 9.37 Å². The summed E-state index contributed by atoms with van der Waals surface area (Å²) in [5.74, 6) is 0.446. The molecule has 3 heterocycles. The Bertz CT molecular complexity index is 802. The van der Waals surface area contributed by atoms with Gasteiger partial charge in [-0.1, -0.05) is 0 Å². The lowest BCUT2D eigenvalue weighted by molar-refractivity contribution is 0.214. The maximum Gasteiger partial charge on any atom is 0.124 e. The van der Waals surface area contributed by atoms with E-state index < -0.39 is 0 Å². The number of halogens is 1. The van der Waals surface area contributed by atoms with Gasteiger partial charge in [0.05, 0.1) is 16.8 Å². The van der Waals surface area contributed by atoms with E-state index in [1.807, 2.05) is 0 Å². The molecule has 0 amide bonds. The van der Waals surface area contributed by atoms with Crippen LogP contribution in [0.25, 0.3) is 10.2 Å². The standard InChI is InChI=1S/C17H17FN2OS2/c18-13-1-2-15-16(5-13)23-17(19-15)8-20-6-12(9-21)14(7-20)11-3-4-22-10-11/h1-5,10,12,14,21H,6-9H2/t12-,14-/m0/s1. The zero-order valence-electron chi connectivity index (χ0n) is 12.5. The lowest BCUT2D eigenvalue weighted by Crippen LogP contribution is -2.20. The Morgan fingerprint density at radius 3 is 3.00 bits per heavy atom.